The smallest absolute Gasteiger partial charge is 0.295 e. The Morgan fingerprint density at radius 2 is 1.80 bits per heavy atom. The second kappa shape index (κ2) is 8.34. The van der Waals surface area contributed by atoms with Crippen LogP contribution in [0, 0.1) is 5.82 Å². The summed E-state index contributed by atoms with van der Waals surface area (Å²) in [5.41, 5.74) is 1.82. The number of aromatic nitrogens is 3. The molecular weight excluding hydrogens is 407 g/mol. The molecule has 0 atom stereocenters. The summed E-state index contributed by atoms with van der Waals surface area (Å²) < 4.78 is 20.1. The van der Waals surface area contributed by atoms with Crippen LogP contribution >= 0.6 is 11.6 Å². The zero-order chi connectivity index (χ0) is 21.1. The SMILES string of the molecule is COc1cccc(NC(=O)c2nc(-c3ccc(F)cc3)n(-c3ccc(Cl)cc3)n2)c1. The maximum atomic E-state index is 13.4. The number of ether oxygens (including phenoxy) is 1. The van der Waals surface area contributed by atoms with Crippen molar-refractivity contribution in [2.75, 3.05) is 12.4 Å². The lowest BCUT2D eigenvalue weighted by molar-refractivity contribution is 0.101. The van der Waals surface area contributed by atoms with Crippen LogP contribution in [0.15, 0.2) is 72.8 Å². The normalized spacial score (nSPS) is 10.6. The highest BCUT2D eigenvalue weighted by molar-refractivity contribution is 6.30. The monoisotopic (exact) mass is 422 g/mol. The van der Waals surface area contributed by atoms with Gasteiger partial charge in [0.2, 0.25) is 5.82 Å². The molecule has 0 radical (unpaired) electrons. The van der Waals surface area contributed by atoms with Gasteiger partial charge in [-0.15, -0.1) is 5.10 Å². The number of hydrogen-bond donors (Lipinski definition) is 1. The van der Waals surface area contributed by atoms with E-state index in [1.165, 1.54) is 16.8 Å². The zero-order valence-corrected chi connectivity index (χ0v) is 16.6. The van der Waals surface area contributed by atoms with E-state index in [4.69, 9.17) is 16.3 Å². The number of hydrogen-bond acceptors (Lipinski definition) is 4. The third-order valence-corrected chi connectivity index (χ3v) is 4.56. The van der Waals surface area contributed by atoms with Crippen LogP contribution in [0.25, 0.3) is 17.1 Å². The van der Waals surface area contributed by atoms with Gasteiger partial charge in [-0.25, -0.2) is 14.1 Å². The van der Waals surface area contributed by atoms with Gasteiger partial charge >= 0.3 is 0 Å². The lowest BCUT2D eigenvalue weighted by Crippen LogP contribution is -2.14. The minimum Gasteiger partial charge on any atom is -0.497 e. The Morgan fingerprint density at radius 3 is 2.50 bits per heavy atom. The van der Waals surface area contributed by atoms with Crippen molar-refractivity contribution in [3.8, 4) is 22.8 Å². The number of anilines is 1. The fraction of sp³-hybridized carbons (Fsp3) is 0.0455. The topological polar surface area (TPSA) is 69.0 Å². The molecule has 1 amide bonds. The fourth-order valence-electron chi connectivity index (χ4n) is 2.84. The first-order chi connectivity index (χ1) is 14.5. The lowest BCUT2D eigenvalue weighted by Gasteiger charge is -2.06. The number of halogens is 2. The van der Waals surface area contributed by atoms with Gasteiger partial charge in [0.05, 0.1) is 12.8 Å². The minimum absolute atomic E-state index is 0.0351. The molecule has 0 aliphatic carbocycles. The number of rotatable bonds is 5. The van der Waals surface area contributed by atoms with E-state index in [1.54, 1.807) is 67.8 Å². The van der Waals surface area contributed by atoms with Crippen molar-refractivity contribution in [2.45, 2.75) is 0 Å². The van der Waals surface area contributed by atoms with Crippen LogP contribution < -0.4 is 10.1 Å². The van der Waals surface area contributed by atoms with Gasteiger partial charge in [0.1, 0.15) is 11.6 Å². The van der Waals surface area contributed by atoms with Crippen LogP contribution in [0.3, 0.4) is 0 Å². The first-order valence-electron chi connectivity index (χ1n) is 8.98. The van der Waals surface area contributed by atoms with E-state index in [2.05, 4.69) is 15.4 Å². The summed E-state index contributed by atoms with van der Waals surface area (Å²) in [4.78, 5) is 17.2. The second-order valence-corrected chi connectivity index (χ2v) is 6.78. The van der Waals surface area contributed by atoms with Gasteiger partial charge in [0, 0.05) is 22.3 Å². The highest BCUT2D eigenvalue weighted by Crippen LogP contribution is 2.23. The van der Waals surface area contributed by atoms with Gasteiger partial charge in [-0.3, -0.25) is 4.79 Å². The molecule has 0 aliphatic rings. The second-order valence-electron chi connectivity index (χ2n) is 6.34. The van der Waals surface area contributed by atoms with Crippen molar-refractivity contribution in [3.63, 3.8) is 0 Å². The summed E-state index contributed by atoms with van der Waals surface area (Å²) in [6.07, 6.45) is 0. The van der Waals surface area contributed by atoms with Crippen molar-refractivity contribution >= 4 is 23.2 Å². The molecule has 0 aliphatic heterocycles. The molecule has 4 rings (SSSR count). The van der Waals surface area contributed by atoms with Crippen molar-refractivity contribution in [1.29, 1.82) is 0 Å². The van der Waals surface area contributed by atoms with Gasteiger partial charge < -0.3 is 10.1 Å². The predicted molar refractivity (Wildman–Crippen MR) is 113 cm³/mol. The molecule has 0 bridgehead atoms. The first kappa shape index (κ1) is 19.6. The third kappa shape index (κ3) is 4.16. The summed E-state index contributed by atoms with van der Waals surface area (Å²) in [6.45, 7) is 0. The van der Waals surface area contributed by atoms with Crippen molar-refractivity contribution in [3.05, 3.63) is 89.5 Å². The maximum Gasteiger partial charge on any atom is 0.295 e. The third-order valence-electron chi connectivity index (χ3n) is 4.31. The number of carbonyl (C=O) groups is 1. The molecule has 150 valence electrons. The van der Waals surface area contributed by atoms with Gasteiger partial charge in [-0.05, 0) is 60.7 Å². The van der Waals surface area contributed by atoms with Gasteiger partial charge in [0.25, 0.3) is 5.91 Å². The molecule has 6 nitrogen and oxygen atoms in total. The molecule has 0 saturated heterocycles. The van der Waals surface area contributed by atoms with Crippen LogP contribution in [0.5, 0.6) is 5.75 Å². The summed E-state index contributed by atoms with van der Waals surface area (Å²) >= 11 is 5.98. The highest BCUT2D eigenvalue weighted by atomic mass is 35.5. The predicted octanol–water partition coefficient (Wildman–Crippen LogP) is 4.99. The molecular formula is C22H16ClFN4O2. The maximum absolute atomic E-state index is 13.4. The number of amides is 1. The minimum atomic E-state index is -0.487. The Morgan fingerprint density at radius 1 is 1.07 bits per heavy atom. The van der Waals surface area contributed by atoms with E-state index < -0.39 is 5.91 Å². The van der Waals surface area contributed by atoms with Gasteiger partial charge in [-0.1, -0.05) is 17.7 Å². The molecule has 8 heteroatoms. The van der Waals surface area contributed by atoms with Crippen molar-refractivity contribution in [2.24, 2.45) is 0 Å². The average molecular weight is 423 g/mol. The molecule has 30 heavy (non-hydrogen) atoms. The highest BCUT2D eigenvalue weighted by Gasteiger charge is 2.19. The van der Waals surface area contributed by atoms with E-state index >= 15 is 0 Å². The Labute approximate surface area is 176 Å². The fourth-order valence-corrected chi connectivity index (χ4v) is 2.97. The molecule has 1 N–H and O–H groups in total. The summed E-state index contributed by atoms with van der Waals surface area (Å²) in [5, 5.41) is 7.70. The van der Waals surface area contributed by atoms with Crippen molar-refractivity contribution < 1.29 is 13.9 Å². The van der Waals surface area contributed by atoms with E-state index in [1.807, 2.05) is 0 Å². The Bertz CT molecular complexity index is 1130. The van der Waals surface area contributed by atoms with Crippen LogP contribution in [0.4, 0.5) is 10.1 Å². The number of benzene rings is 3. The lowest BCUT2D eigenvalue weighted by atomic mass is 10.2. The largest absolute Gasteiger partial charge is 0.497 e. The number of carbonyl (C=O) groups excluding carboxylic acids is 1. The number of nitrogens with one attached hydrogen (secondary N) is 1. The summed E-state index contributed by atoms with van der Waals surface area (Å²) in [5.74, 6) is 0.117. The molecule has 0 unspecified atom stereocenters. The van der Waals surface area contributed by atoms with Gasteiger partial charge in [-0.2, -0.15) is 0 Å². The molecule has 3 aromatic carbocycles. The average Bonchev–Trinajstić information content (AvgIpc) is 3.20. The van der Waals surface area contributed by atoms with Gasteiger partial charge in [0.15, 0.2) is 5.82 Å². The molecule has 4 aromatic rings. The Kier molecular flexibility index (Phi) is 5.45. The molecule has 0 spiro atoms. The van der Waals surface area contributed by atoms with E-state index in [9.17, 15) is 9.18 Å². The quantitative estimate of drug-likeness (QED) is 0.492. The van der Waals surface area contributed by atoms with Crippen molar-refractivity contribution in [1.82, 2.24) is 14.8 Å². The van der Waals surface area contributed by atoms with Crippen LogP contribution in [0.1, 0.15) is 10.6 Å². The molecule has 1 heterocycles. The van der Waals surface area contributed by atoms with E-state index in [0.29, 0.717) is 33.5 Å². The Hall–Kier alpha value is -3.71. The zero-order valence-electron chi connectivity index (χ0n) is 15.8. The molecule has 0 saturated carbocycles. The summed E-state index contributed by atoms with van der Waals surface area (Å²) in [6, 6.07) is 19.7. The van der Waals surface area contributed by atoms with E-state index in [-0.39, 0.29) is 11.6 Å². The Balaban J connectivity index is 1.73. The number of nitrogens with zero attached hydrogens (tertiary/aromatic N) is 3. The summed E-state index contributed by atoms with van der Waals surface area (Å²) in [7, 11) is 1.55. The van der Waals surface area contributed by atoms with Crippen LogP contribution in [-0.2, 0) is 0 Å². The van der Waals surface area contributed by atoms with Crippen LogP contribution in [0.2, 0.25) is 5.02 Å². The first-order valence-corrected chi connectivity index (χ1v) is 9.35. The molecule has 0 fully saturated rings. The van der Waals surface area contributed by atoms with E-state index in [0.717, 1.165) is 0 Å². The standard InChI is InChI=1S/C22H16ClFN4O2/c1-30-19-4-2-3-17(13-19)25-22(29)20-26-21(14-5-9-16(24)10-6-14)28(27-20)18-11-7-15(23)8-12-18/h2-13H,1H3,(H,25,29). The number of methoxy groups -OCH3 is 1. The molecule has 1 aromatic heterocycles. The van der Waals surface area contributed by atoms with Crippen LogP contribution in [-0.4, -0.2) is 27.8 Å².